The number of morpholine rings is 1. The maximum Gasteiger partial charge on any atom is 0.273 e. The van der Waals surface area contributed by atoms with Gasteiger partial charge < -0.3 is 14.5 Å². The van der Waals surface area contributed by atoms with Crippen LogP contribution in [0.15, 0.2) is 28.9 Å². The predicted octanol–water partition coefficient (Wildman–Crippen LogP) is 2.52. The quantitative estimate of drug-likeness (QED) is 0.683. The van der Waals surface area contributed by atoms with Crippen LogP contribution in [0, 0.1) is 13.8 Å². The van der Waals surface area contributed by atoms with Crippen LogP contribution in [0.3, 0.4) is 0 Å². The lowest BCUT2D eigenvalue weighted by Crippen LogP contribution is -2.41. The number of aromatic nitrogens is 1. The van der Waals surface area contributed by atoms with Crippen molar-refractivity contribution in [3.8, 4) is 0 Å². The average molecular weight is 413 g/mol. The van der Waals surface area contributed by atoms with Gasteiger partial charge in [0.05, 0.1) is 19.8 Å². The van der Waals surface area contributed by atoms with E-state index in [1.807, 2.05) is 0 Å². The molecule has 4 rings (SSSR count). The molecule has 2 heterocycles. The van der Waals surface area contributed by atoms with E-state index in [2.05, 4.69) is 52.1 Å². The summed E-state index contributed by atoms with van der Waals surface area (Å²) in [6.07, 6.45) is 3.59. The Labute approximate surface area is 178 Å². The number of nitrogens with one attached hydrogen (secondary N) is 1. The summed E-state index contributed by atoms with van der Waals surface area (Å²) in [7, 11) is 0. The minimum Gasteiger partial charge on any atom is -0.447 e. The lowest BCUT2D eigenvalue weighted by atomic mass is 10.1. The van der Waals surface area contributed by atoms with Crippen LogP contribution >= 0.6 is 0 Å². The van der Waals surface area contributed by atoms with Gasteiger partial charge in [-0.3, -0.25) is 14.6 Å². The van der Waals surface area contributed by atoms with Crippen LogP contribution in [-0.2, 0) is 17.8 Å². The molecular weight excluding hydrogens is 380 g/mol. The number of rotatable bonds is 9. The van der Waals surface area contributed by atoms with E-state index < -0.39 is 0 Å². The van der Waals surface area contributed by atoms with E-state index in [1.165, 1.54) is 23.0 Å². The summed E-state index contributed by atoms with van der Waals surface area (Å²) in [5, 5.41) is 2.96. The van der Waals surface area contributed by atoms with Crippen LogP contribution < -0.4 is 5.32 Å². The second-order valence-corrected chi connectivity index (χ2v) is 8.47. The zero-order valence-electron chi connectivity index (χ0n) is 18.0. The third kappa shape index (κ3) is 5.90. The molecule has 1 saturated carbocycles. The monoisotopic (exact) mass is 412 g/mol. The number of ether oxygens (including phenoxy) is 1. The summed E-state index contributed by atoms with van der Waals surface area (Å²) in [4.78, 5) is 21.5. The second kappa shape index (κ2) is 9.73. The number of hydrogen-bond acceptors (Lipinski definition) is 6. The molecule has 1 aliphatic carbocycles. The van der Waals surface area contributed by atoms with Crippen molar-refractivity contribution in [2.45, 2.75) is 45.8 Å². The standard InChI is InChI=1S/C23H32N4O3/c1-17-3-4-18(2)19(13-17)14-27(8-7-26-9-11-29-12-10-26)15-22-25-21(16-30-22)23(28)24-20-5-6-20/h3-4,13,16,20H,5-12,14-15H2,1-2H3,(H,24,28). The maximum absolute atomic E-state index is 12.2. The van der Waals surface area contributed by atoms with Crippen LogP contribution in [0.2, 0.25) is 0 Å². The Morgan fingerprint density at radius 1 is 1.23 bits per heavy atom. The number of nitrogens with zero attached hydrogens (tertiary/aromatic N) is 3. The largest absolute Gasteiger partial charge is 0.447 e. The topological polar surface area (TPSA) is 70.8 Å². The minimum atomic E-state index is -0.137. The summed E-state index contributed by atoms with van der Waals surface area (Å²) in [5.41, 5.74) is 4.24. The van der Waals surface area contributed by atoms with Crippen molar-refractivity contribution in [2.24, 2.45) is 0 Å². The number of carbonyl (C=O) groups is 1. The van der Waals surface area contributed by atoms with Gasteiger partial charge in [0, 0.05) is 38.8 Å². The Morgan fingerprint density at radius 3 is 2.80 bits per heavy atom. The molecule has 30 heavy (non-hydrogen) atoms. The summed E-state index contributed by atoms with van der Waals surface area (Å²) in [6.45, 7) is 11.1. The van der Waals surface area contributed by atoms with Gasteiger partial charge in [0.25, 0.3) is 5.91 Å². The van der Waals surface area contributed by atoms with Gasteiger partial charge in [-0.05, 0) is 37.8 Å². The van der Waals surface area contributed by atoms with Gasteiger partial charge in [-0.1, -0.05) is 23.8 Å². The van der Waals surface area contributed by atoms with Crippen molar-refractivity contribution < 1.29 is 13.9 Å². The first-order chi connectivity index (χ1) is 14.6. The maximum atomic E-state index is 12.2. The highest BCUT2D eigenvalue weighted by Gasteiger charge is 2.25. The molecule has 1 amide bonds. The van der Waals surface area contributed by atoms with Gasteiger partial charge in [0.1, 0.15) is 6.26 Å². The van der Waals surface area contributed by atoms with Gasteiger partial charge in [-0.25, -0.2) is 4.98 Å². The second-order valence-electron chi connectivity index (χ2n) is 8.47. The summed E-state index contributed by atoms with van der Waals surface area (Å²) in [6, 6.07) is 6.89. The lowest BCUT2D eigenvalue weighted by molar-refractivity contribution is 0.0320. The van der Waals surface area contributed by atoms with Crippen LogP contribution in [0.4, 0.5) is 0 Å². The van der Waals surface area contributed by atoms with Crippen LogP contribution in [0.5, 0.6) is 0 Å². The third-order valence-electron chi connectivity index (χ3n) is 5.79. The van der Waals surface area contributed by atoms with E-state index >= 15 is 0 Å². The predicted molar refractivity (Wildman–Crippen MR) is 114 cm³/mol. The van der Waals surface area contributed by atoms with Crippen LogP contribution in [-0.4, -0.2) is 66.1 Å². The molecule has 162 valence electrons. The highest BCUT2D eigenvalue weighted by atomic mass is 16.5. The average Bonchev–Trinajstić information content (AvgIpc) is 3.43. The smallest absolute Gasteiger partial charge is 0.273 e. The van der Waals surface area contributed by atoms with E-state index in [0.29, 0.717) is 24.2 Å². The Hall–Kier alpha value is -2.22. The van der Waals surface area contributed by atoms with Gasteiger partial charge in [-0.15, -0.1) is 0 Å². The molecule has 2 aliphatic rings. The first kappa shape index (κ1) is 21.0. The fourth-order valence-electron chi connectivity index (χ4n) is 3.70. The number of carbonyl (C=O) groups excluding carboxylic acids is 1. The zero-order chi connectivity index (χ0) is 20.9. The molecule has 0 atom stereocenters. The number of amides is 1. The number of oxazole rings is 1. The summed E-state index contributed by atoms with van der Waals surface area (Å²) >= 11 is 0. The van der Waals surface area contributed by atoms with E-state index in [4.69, 9.17) is 9.15 Å². The van der Waals surface area contributed by atoms with E-state index in [9.17, 15) is 4.79 Å². The van der Waals surface area contributed by atoms with E-state index in [1.54, 1.807) is 0 Å². The first-order valence-electron chi connectivity index (χ1n) is 10.9. The SMILES string of the molecule is Cc1ccc(C)c(CN(CCN2CCOCC2)Cc2nc(C(=O)NC3CC3)co2)c1. The molecular formula is C23H32N4O3. The molecule has 1 saturated heterocycles. The lowest BCUT2D eigenvalue weighted by Gasteiger charge is -2.30. The Bertz CT molecular complexity index is 856. The fourth-order valence-corrected chi connectivity index (χ4v) is 3.70. The highest BCUT2D eigenvalue weighted by Crippen LogP contribution is 2.20. The molecule has 0 radical (unpaired) electrons. The van der Waals surface area contributed by atoms with Crippen molar-refractivity contribution in [1.82, 2.24) is 20.1 Å². The molecule has 2 aromatic rings. The summed E-state index contributed by atoms with van der Waals surface area (Å²) in [5.74, 6) is 0.449. The van der Waals surface area contributed by atoms with Crippen molar-refractivity contribution in [1.29, 1.82) is 0 Å². The number of hydrogen-bond donors (Lipinski definition) is 1. The zero-order valence-corrected chi connectivity index (χ0v) is 18.0. The van der Waals surface area contributed by atoms with Crippen molar-refractivity contribution >= 4 is 5.91 Å². The van der Waals surface area contributed by atoms with E-state index in [-0.39, 0.29) is 5.91 Å². The van der Waals surface area contributed by atoms with Gasteiger partial charge in [-0.2, -0.15) is 0 Å². The Balaban J connectivity index is 1.42. The molecule has 0 spiro atoms. The highest BCUT2D eigenvalue weighted by molar-refractivity contribution is 5.92. The Morgan fingerprint density at radius 2 is 2.03 bits per heavy atom. The van der Waals surface area contributed by atoms with Crippen molar-refractivity contribution in [2.75, 3.05) is 39.4 Å². The van der Waals surface area contributed by atoms with E-state index in [0.717, 1.165) is 58.8 Å². The molecule has 2 fully saturated rings. The van der Waals surface area contributed by atoms with Crippen molar-refractivity contribution in [3.63, 3.8) is 0 Å². The third-order valence-corrected chi connectivity index (χ3v) is 5.79. The number of aryl methyl sites for hydroxylation is 2. The molecule has 1 N–H and O–H groups in total. The molecule has 1 aliphatic heterocycles. The van der Waals surface area contributed by atoms with Gasteiger partial charge >= 0.3 is 0 Å². The van der Waals surface area contributed by atoms with Gasteiger partial charge in [0.2, 0.25) is 5.89 Å². The Kier molecular flexibility index (Phi) is 6.82. The first-order valence-corrected chi connectivity index (χ1v) is 10.9. The molecule has 0 unspecified atom stereocenters. The molecule has 1 aromatic heterocycles. The molecule has 1 aromatic carbocycles. The van der Waals surface area contributed by atoms with Gasteiger partial charge in [0.15, 0.2) is 5.69 Å². The molecule has 7 heteroatoms. The minimum absolute atomic E-state index is 0.137. The van der Waals surface area contributed by atoms with Crippen molar-refractivity contribution in [3.05, 3.63) is 52.7 Å². The summed E-state index contributed by atoms with van der Waals surface area (Å²) < 4.78 is 11.1. The van der Waals surface area contributed by atoms with Crippen LogP contribution in [0.1, 0.15) is 45.9 Å². The van der Waals surface area contributed by atoms with Crippen LogP contribution in [0.25, 0.3) is 0 Å². The molecule has 0 bridgehead atoms. The fraction of sp³-hybridized carbons (Fsp3) is 0.565. The molecule has 7 nitrogen and oxygen atoms in total. The number of benzene rings is 1. The normalized spacial score (nSPS) is 17.4.